The second kappa shape index (κ2) is 7.83. The van der Waals surface area contributed by atoms with Gasteiger partial charge in [0.15, 0.2) is 0 Å². The molecule has 0 saturated heterocycles. The number of hydrogen-bond donors (Lipinski definition) is 1. The predicted molar refractivity (Wildman–Crippen MR) is 107 cm³/mol. The summed E-state index contributed by atoms with van der Waals surface area (Å²) in [5.41, 5.74) is 5.36. The highest BCUT2D eigenvalue weighted by Gasteiger charge is 2.12. The van der Waals surface area contributed by atoms with Crippen LogP contribution in [0, 0.1) is 18.6 Å². The van der Waals surface area contributed by atoms with Crippen molar-refractivity contribution in [2.45, 2.75) is 32.1 Å². The number of aryl methyl sites for hydroxylation is 2. The molecule has 0 aliphatic rings. The van der Waals surface area contributed by atoms with Crippen LogP contribution in [0.15, 0.2) is 46.3 Å². The van der Waals surface area contributed by atoms with Crippen LogP contribution < -0.4 is 0 Å². The summed E-state index contributed by atoms with van der Waals surface area (Å²) in [6, 6.07) is 11.8. The van der Waals surface area contributed by atoms with Gasteiger partial charge in [-0.15, -0.1) is 0 Å². The van der Waals surface area contributed by atoms with Gasteiger partial charge in [-0.1, -0.05) is 24.3 Å². The Morgan fingerprint density at radius 1 is 1.16 bits per heavy atom. The summed E-state index contributed by atoms with van der Waals surface area (Å²) in [6.07, 6.45) is 4.00. The molecule has 5 heteroatoms. The lowest BCUT2D eigenvalue weighted by Crippen LogP contribution is -2.14. The van der Waals surface area contributed by atoms with Gasteiger partial charge < -0.3 is 4.90 Å². The van der Waals surface area contributed by atoms with E-state index in [1.165, 1.54) is 11.8 Å². The van der Waals surface area contributed by atoms with Crippen LogP contribution in [0.4, 0.5) is 5.69 Å². The third-order valence-electron chi connectivity index (χ3n) is 4.32. The molecule has 0 radical (unpaired) electrons. The maximum atomic E-state index is 12.2. The van der Waals surface area contributed by atoms with E-state index in [1.807, 2.05) is 36.5 Å². The fourth-order valence-electron chi connectivity index (χ4n) is 2.67. The first-order chi connectivity index (χ1) is 11.7. The van der Waals surface area contributed by atoms with E-state index in [0.29, 0.717) is 11.3 Å². The zero-order chi connectivity index (χ0) is 18.6. The van der Waals surface area contributed by atoms with Crippen molar-refractivity contribution in [2.75, 3.05) is 19.8 Å². The predicted octanol–water partition coefficient (Wildman–Crippen LogP) is 4.54. The van der Waals surface area contributed by atoms with Gasteiger partial charge in [0.25, 0.3) is 0 Å². The summed E-state index contributed by atoms with van der Waals surface area (Å²) in [7, 11) is -0.735. The zero-order valence-electron chi connectivity index (χ0n) is 15.7. The summed E-state index contributed by atoms with van der Waals surface area (Å²) in [5, 5.41) is 0. The highest BCUT2D eigenvalue weighted by Crippen LogP contribution is 2.27. The molecule has 2 rings (SSSR count). The van der Waals surface area contributed by atoms with Gasteiger partial charge >= 0.3 is 0 Å². The molecule has 1 atom stereocenters. The molecule has 0 bridgehead atoms. The van der Waals surface area contributed by atoms with E-state index in [0.717, 1.165) is 28.9 Å². The molecule has 2 aromatic rings. The fourth-order valence-corrected chi connectivity index (χ4v) is 3.65. The molecule has 0 aliphatic heterocycles. The average molecular weight is 358 g/mol. The van der Waals surface area contributed by atoms with E-state index in [-0.39, 0.29) is 0 Å². The highest BCUT2D eigenvalue weighted by atomic mass is 32.2. The topological polar surface area (TPSA) is 56.5 Å². The smallest absolute Gasteiger partial charge is 0.0909 e. The second-order valence-electron chi connectivity index (χ2n) is 6.51. The molecule has 0 spiro atoms. The number of nitrogens with one attached hydrogen (secondary N) is 1. The SMILES string of the molecule is CCN(C)/C=N\c1cc(C)c(Cc2ccccc2S(C)(=N)=O)cc1C. The quantitative estimate of drug-likeness (QED) is 0.609. The highest BCUT2D eigenvalue weighted by molar-refractivity contribution is 7.91. The molecule has 1 N–H and O–H groups in total. The van der Waals surface area contributed by atoms with E-state index in [4.69, 9.17) is 4.78 Å². The summed E-state index contributed by atoms with van der Waals surface area (Å²) >= 11 is 0. The molecular weight excluding hydrogens is 330 g/mol. The van der Waals surface area contributed by atoms with Crippen molar-refractivity contribution in [3.8, 4) is 0 Å². The van der Waals surface area contributed by atoms with Crippen LogP contribution in [-0.2, 0) is 16.1 Å². The first kappa shape index (κ1) is 19.2. The molecule has 134 valence electrons. The Kier molecular flexibility index (Phi) is 6.01. The van der Waals surface area contributed by atoms with E-state index in [9.17, 15) is 4.21 Å². The molecule has 25 heavy (non-hydrogen) atoms. The molecule has 1 unspecified atom stereocenters. The third-order valence-corrected chi connectivity index (χ3v) is 5.56. The van der Waals surface area contributed by atoms with Gasteiger partial charge in [0.2, 0.25) is 0 Å². The average Bonchev–Trinajstić information content (AvgIpc) is 2.55. The molecular formula is C20H27N3OS. The van der Waals surface area contributed by atoms with E-state index < -0.39 is 9.73 Å². The standard InChI is InChI=1S/C20H27N3OS/c1-6-23(4)14-22-19-12-15(2)18(11-16(19)3)13-17-9-7-8-10-20(17)25(5,21)24/h7-12,14,21H,6,13H2,1-5H3/b22-14-. The van der Waals surface area contributed by atoms with Gasteiger partial charge in [0.05, 0.1) is 26.7 Å². The minimum Gasteiger partial charge on any atom is -0.366 e. The van der Waals surface area contributed by atoms with Crippen molar-refractivity contribution in [3.63, 3.8) is 0 Å². The lowest BCUT2D eigenvalue weighted by Gasteiger charge is -2.14. The van der Waals surface area contributed by atoms with Crippen LogP contribution in [0.25, 0.3) is 0 Å². The van der Waals surface area contributed by atoms with Gasteiger partial charge in [0.1, 0.15) is 0 Å². The Balaban J connectivity index is 2.37. The minimum absolute atomic E-state index is 0.624. The fraction of sp³-hybridized carbons (Fsp3) is 0.350. The van der Waals surface area contributed by atoms with E-state index >= 15 is 0 Å². The number of nitrogens with zero attached hydrogens (tertiary/aromatic N) is 2. The van der Waals surface area contributed by atoms with Gasteiger partial charge in [-0.2, -0.15) is 0 Å². The molecule has 0 saturated carbocycles. The van der Waals surface area contributed by atoms with Crippen LogP contribution in [0.5, 0.6) is 0 Å². The van der Waals surface area contributed by atoms with E-state index in [1.54, 1.807) is 6.07 Å². The maximum Gasteiger partial charge on any atom is 0.0909 e. The van der Waals surface area contributed by atoms with Gasteiger partial charge in [-0.05, 0) is 61.6 Å². The monoisotopic (exact) mass is 357 g/mol. The zero-order valence-corrected chi connectivity index (χ0v) is 16.5. The summed E-state index contributed by atoms with van der Waals surface area (Å²) < 4.78 is 20.2. The maximum absolute atomic E-state index is 12.2. The first-order valence-corrected chi connectivity index (χ1v) is 10.3. The Morgan fingerprint density at radius 3 is 2.48 bits per heavy atom. The summed E-state index contributed by atoms with van der Waals surface area (Å²) in [4.78, 5) is 7.22. The molecule has 2 aromatic carbocycles. The van der Waals surface area contributed by atoms with Crippen LogP contribution in [0.3, 0.4) is 0 Å². The molecule has 0 heterocycles. The Labute approximate surface area is 151 Å². The summed E-state index contributed by atoms with van der Waals surface area (Å²) in [6.45, 7) is 7.13. The van der Waals surface area contributed by atoms with Crippen molar-refractivity contribution in [1.29, 1.82) is 4.78 Å². The number of rotatable bonds is 6. The number of hydrogen-bond acceptors (Lipinski definition) is 3. The van der Waals surface area contributed by atoms with E-state index in [2.05, 4.69) is 37.9 Å². The minimum atomic E-state index is -2.73. The van der Waals surface area contributed by atoms with Crippen LogP contribution in [0.2, 0.25) is 0 Å². The molecule has 0 aromatic heterocycles. The molecule has 0 aliphatic carbocycles. The molecule has 0 amide bonds. The van der Waals surface area contributed by atoms with Gasteiger partial charge in [0, 0.05) is 19.8 Å². The number of aliphatic imine (C=N–C) groups is 1. The largest absolute Gasteiger partial charge is 0.366 e. The van der Waals surface area contributed by atoms with Crippen molar-refractivity contribution in [3.05, 3.63) is 58.7 Å². The Bertz CT molecular complexity index is 886. The van der Waals surface area contributed by atoms with Crippen molar-refractivity contribution >= 4 is 21.8 Å². The third kappa shape index (κ3) is 4.92. The number of benzene rings is 2. The van der Waals surface area contributed by atoms with Gasteiger partial charge in [-0.25, -0.2) is 14.0 Å². The Morgan fingerprint density at radius 2 is 1.84 bits per heavy atom. The van der Waals surface area contributed by atoms with Crippen molar-refractivity contribution in [2.24, 2.45) is 4.99 Å². The van der Waals surface area contributed by atoms with Crippen molar-refractivity contribution < 1.29 is 4.21 Å². The van der Waals surface area contributed by atoms with Crippen LogP contribution >= 0.6 is 0 Å². The normalized spacial score (nSPS) is 13.8. The summed E-state index contributed by atoms with van der Waals surface area (Å²) in [5.74, 6) is 0. The molecule has 4 nitrogen and oxygen atoms in total. The molecule has 0 fully saturated rings. The first-order valence-electron chi connectivity index (χ1n) is 8.38. The van der Waals surface area contributed by atoms with Crippen LogP contribution in [-0.4, -0.2) is 35.3 Å². The second-order valence-corrected chi connectivity index (χ2v) is 8.64. The van der Waals surface area contributed by atoms with Crippen molar-refractivity contribution in [1.82, 2.24) is 4.90 Å². The Hall–Kier alpha value is -2.14. The lowest BCUT2D eigenvalue weighted by molar-refractivity contribution is 0.552. The van der Waals surface area contributed by atoms with Gasteiger partial charge in [-0.3, -0.25) is 0 Å². The lowest BCUT2D eigenvalue weighted by atomic mass is 9.97. The van der Waals surface area contributed by atoms with Crippen LogP contribution in [0.1, 0.15) is 29.2 Å².